The molecule has 0 saturated carbocycles. The molecule has 0 fully saturated rings. The Bertz CT molecular complexity index is 995. The fraction of sp³-hybridized carbons (Fsp3) is 0.158. The van der Waals surface area contributed by atoms with Crippen LogP contribution in [0, 0.1) is 5.82 Å². The van der Waals surface area contributed by atoms with Crippen LogP contribution >= 0.6 is 0 Å². The van der Waals surface area contributed by atoms with Gasteiger partial charge in [0.15, 0.2) is 0 Å². The van der Waals surface area contributed by atoms with Crippen LogP contribution in [-0.2, 0) is 17.8 Å². The molecule has 126 valence electrons. The summed E-state index contributed by atoms with van der Waals surface area (Å²) in [4.78, 5) is 29.0. The predicted octanol–water partition coefficient (Wildman–Crippen LogP) is 2.96. The number of aliphatic carboxylic acids is 1. The Hall–Kier alpha value is -3.15. The second kappa shape index (κ2) is 5.73. The van der Waals surface area contributed by atoms with Crippen molar-refractivity contribution in [1.29, 1.82) is 0 Å². The van der Waals surface area contributed by atoms with Crippen LogP contribution in [0.3, 0.4) is 0 Å². The van der Waals surface area contributed by atoms with Gasteiger partial charge in [0.05, 0.1) is 12.1 Å². The second-order valence-electron chi connectivity index (χ2n) is 6.10. The number of amides is 1. The molecule has 6 heteroatoms. The number of rotatable bonds is 2. The first-order chi connectivity index (χ1) is 12.1. The van der Waals surface area contributed by atoms with Crippen LogP contribution in [0.25, 0.3) is 10.9 Å². The number of halogens is 1. The first-order valence-electron chi connectivity index (χ1n) is 7.93. The second-order valence-corrected chi connectivity index (χ2v) is 6.10. The van der Waals surface area contributed by atoms with Gasteiger partial charge in [0.25, 0.3) is 5.91 Å². The van der Waals surface area contributed by atoms with E-state index in [1.807, 2.05) is 24.3 Å². The van der Waals surface area contributed by atoms with E-state index in [-0.39, 0.29) is 18.5 Å². The summed E-state index contributed by atoms with van der Waals surface area (Å²) >= 11 is 0. The van der Waals surface area contributed by atoms with Crippen molar-refractivity contribution in [3.63, 3.8) is 0 Å². The Balaban J connectivity index is 1.78. The van der Waals surface area contributed by atoms with E-state index >= 15 is 0 Å². The molecule has 0 radical (unpaired) electrons. The topological polar surface area (TPSA) is 73.4 Å². The minimum Gasteiger partial charge on any atom is -0.480 e. The molecular weight excluding hydrogens is 323 g/mol. The largest absolute Gasteiger partial charge is 0.480 e. The number of benzene rings is 2. The van der Waals surface area contributed by atoms with E-state index in [2.05, 4.69) is 4.98 Å². The number of para-hydroxylation sites is 1. The van der Waals surface area contributed by atoms with Crippen molar-refractivity contribution in [3.05, 3.63) is 71.2 Å². The molecule has 1 atom stereocenters. The van der Waals surface area contributed by atoms with Gasteiger partial charge >= 0.3 is 5.97 Å². The lowest BCUT2D eigenvalue weighted by molar-refractivity contribution is -0.142. The number of fused-ring (bicyclic) bond motifs is 3. The monoisotopic (exact) mass is 338 g/mol. The number of H-pyrrole nitrogens is 1. The molecule has 2 heterocycles. The zero-order valence-electron chi connectivity index (χ0n) is 13.2. The summed E-state index contributed by atoms with van der Waals surface area (Å²) in [6.45, 7) is 0.105. The molecule has 1 aliphatic rings. The molecule has 2 N–H and O–H groups in total. The van der Waals surface area contributed by atoms with Gasteiger partial charge < -0.3 is 15.0 Å². The van der Waals surface area contributed by atoms with Crippen molar-refractivity contribution >= 4 is 22.8 Å². The Labute approximate surface area is 142 Å². The average Bonchev–Trinajstić information content (AvgIpc) is 2.98. The number of nitrogens with zero attached hydrogens (tertiary/aromatic N) is 1. The third-order valence-electron chi connectivity index (χ3n) is 4.65. The number of carbonyl (C=O) groups excluding carboxylic acids is 1. The van der Waals surface area contributed by atoms with Crippen LogP contribution in [0.5, 0.6) is 0 Å². The maximum atomic E-state index is 14.0. The zero-order valence-corrected chi connectivity index (χ0v) is 13.2. The number of aromatic nitrogens is 1. The van der Waals surface area contributed by atoms with Crippen LogP contribution in [0.2, 0.25) is 0 Å². The number of carboxylic acids is 1. The summed E-state index contributed by atoms with van der Waals surface area (Å²) < 4.78 is 14.0. The van der Waals surface area contributed by atoms with Gasteiger partial charge in [-0.05, 0) is 23.8 Å². The molecule has 1 aliphatic heterocycles. The predicted molar refractivity (Wildman–Crippen MR) is 89.7 cm³/mol. The van der Waals surface area contributed by atoms with Crippen LogP contribution < -0.4 is 0 Å². The zero-order chi connectivity index (χ0) is 17.6. The number of nitrogens with one attached hydrogen (secondary N) is 1. The van der Waals surface area contributed by atoms with Crippen molar-refractivity contribution in [3.8, 4) is 0 Å². The lowest BCUT2D eigenvalue weighted by Gasteiger charge is -2.33. The third kappa shape index (κ3) is 2.46. The molecule has 4 rings (SSSR count). The number of carbonyl (C=O) groups is 2. The summed E-state index contributed by atoms with van der Waals surface area (Å²) in [5, 5.41) is 10.6. The smallest absolute Gasteiger partial charge is 0.326 e. The molecule has 0 aliphatic carbocycles. The van der Waals surface area contributed by atoms with Crippen LogP contribution in [-0.4, -0.2) is 32.9 Å². The minimum absolute atomic E-state index is 0.105. The fourth-order valence-electron chi connectivity index (χ4n) is 3.43. The van der Waals surface area contributed by atoms with E-state index in [0.717, 1.165) is 22.2 Å². The van der Waals surface area contributed by atoms with Gasteiger partial charge in [0.2, 0.25) is 0 Å². The maximum Gasteiger partial charge on any atom is 0.326 e. The van der Waals surface area contributed by atoms with Gasteiger partial charge in [-0.1, -0.05) is 30.3 Å². The van der Waals surface area contributed by atoms with Gasteiger partial charge in [-0.2, -0.15) is 0 Å². The van der Waals surface area contributed by atoms with Crippen molar-refractivity contribution in [1.82, 2.24) is 9.88 Å². The molecule has 3 aromatic rings. The van der Waals surface area contributed by atoms with Crippen molar-refractivity contribution < 1.29 is 19.1 Å². The molecular formula is C19H15FN2O3. The van der Waals surface area contributed by atoms with Crippen molar-refractivity contribution in [2.24, 2.45) is 0 Å². The normalized spacial score (nSPS) is 16.7. The fourth-order valence-corrected chi connectivity index (χ4v) is 3.43. The molecule has 1 amide bonds. The molecule has 1 unspecified atom stereocenters. The van der Waals surface area contributed by atoms with Crippen molar-refractivity contribution in [2.75, 3.05) is 0 Å². The summed E-state index contributed by atoms with van der Waals surface area (Å²) in [5.41, 5.74) is 2.48. The third-order valence-corrected chi connectivity index (χ3v) is 4.65. The highest BCUT2D eigenvalue weighted by Gasteiger charge is 2.37. The van der Waals surface area contributed by atoms with E-state index < -0.39 is 23.7 Å². The van der Waals surface area contributed by atoms with Gasteiger partial charge in [-0.15, -0.1) is 0 Å². The quantitative estimate of drug-likeness (QED) is 0.754. The molecule has 1 aromatic heterocycles. The Morgan fingerprint density at radius 3 is 2.60 bits per heavy atom. The molecule has 0 bridgehead atoms. The standard InChI is InChI=1S/C19H15FN2O3/c20-14-7-3-1-6-12(14)18(23)22-10-16-13(9-17(22)19(24)25)11-5-2-4-8-15(11)21-16/h1-8,17,21H,9-10H2,(H,24,25). The van der Waals surface area contributed by atoms with Crippen LogP contribution in [0.15, 0.2) is 48.5 Å². The number of aromatic amines is 1. The Morgan fingerprint density at radius 2 is 1.84 bits per heavy atom. The van der Waals surface area contributed by atoms with Gasteiger partial charge in [0, 0.05) is 23.0 Å². The minimum atomic E-state index is -1.10. The summed E-state index contributed by atoms with van der Waals surface area (Å²) in [6, 6.07) is 12.2. The number of hydrogen-bond donors (Lipinski definition) is 2. The summed E-state index contributed by atoms with van der Waals surface area (Å²) in [7, 11) is 0. The number of carboxylic acid groups (broad SMARTS) is 1. The average molecular weight is 338 g/mol. The van der Waals surface area contributed by atoms with E-state index in [9.17, 15) is 19.1 Å². The molecule has 2 aromatic carbocycles. The Morgan fingerprint density at radius 1 is 1.12 bits per heavy atom. The van der Waals surface area contributed by atoms with Crippen LogP contribution in [0.4, 0.5) is 4.39 Å². The number of hydrogen-bond acceptors (Lipinski definition) is 2. The maximum absolute atomic E-state index is 14.0. The van der Waals surface area contributed by atoms with E-state index in [4.69, 9.17) is 0 Å². The lowest BCUT2D eigenvalue weighted by atomic mass is 9.96. The van der Waals surface area contributed by atoms with Gasteiger partial charge in [0.1, 0.15) is 11.9 Å². The highest BCUT2D eigenvalue weighted by molar-refractivity contribution is 5.98. The van der Waals surface area contributed by atoms with Crippen LogP contribution in [0.1, 0.15) is 21.6 Å². The lowest BCUT2D eigenvalue weighted by Crippen LogP contribution is -2.48. The molecule has 0 saturated heterocycles. The van der Waals surface area contributed by atoms with E-state index in [0.29, 0.717) is 0 Å². The van der Waals surface area contributed by atoms with E-state index in [1.165, 1.54) is 23.1 Å². The van der Waals surface area contributed by atoms with Gasteiger partial charge in [-0.3, -0.25) is 4.79 Å². The SMILES string of the molecule is O=C(O)C1Cc2c([nH]c3ccccc23)CN1C(=O)c1ccccc1F. The Kier molecular flexibility index (Phi) is 3.53. The van der Waals surface area contributed by atoms with Crippen molar-refractivity contribution in [2.45, 2.75) is 19.0 Å². The summed E-state index contributed by atoms with van der Waals surface area (Å²) in [6.07, 6.45) is 0.189. The summed E-state index contributed by atoms with van der Waals surface area (Å²) in [5.74, 6) is -2.37. The molecule has 0 spiro atoms. The molecule has 5 nitrogen and oxygen atoms in total. The van der Waals surface area contributed by atoms with Gasteiger partial charge in [-0.25, -0.2) is 9.18 Å². The first kappa shape index (κ1) is 15.4. The molecule has 25 heavy (non-hydrogen) atoms. The highest BCUT2D eigenvalue weighted by atomic mass is 19.1. The van der Waals surface area contributed by atoms with E-state index in [1.54, 1.807) is 6.07 Å². The first-order valence-corrected chi connectivity index (χ1v) is 7.93. The highest BCUT2D eigenvalue weighted by Crippen LogP contribution is 2.31.